The van der Waals surface area contributed by atoms with E-state index < -0.39 is 0 Å². The van der Waals surface area contributed by atoms with Crippen LogP contribution in [0.15, 0.2) is 21.7 Å². The van der Waals surface area contributed by atoms with Gasteiger partial charge in [0.1, 0.15) is 17.6 Å². The predicted molar refractivity (Wildman–Crippen MR) is 84.4 cm³/mol. The minimum atomic E-state index is -0.226. The Bertz CT molecular complexity index is 657. The Morgan fingerprint density at radius 2 is 2.41 bits per heavy atom. The van der Waals surface area contributed by atoms with Crippen LogP contribution in [-0.4, -0.2) is 46.3 Å². The van der Waals surface area contributed by atoms with Gasteiger partial charge in [-0.1, -0.05) is 11.8 Å². The first-order valence-electron chi connectivity index (χ1n) is 6.77. The molecule has 118 valence electrons. The topological polar surface area (TPSA) is 80.5 Å². The molecule has 3 rings (SSSR count). The van der Waals surface area contributed by atoms with Gasteiger partial charge in [0.15, 0.2) is 0 Å². The molecule has 0 aromatic carbocycles. The summed E-state index contributed by atoms with van der Waals surface area (Å²) in [4.78, 5) is 18.4. The molecule has 7 nitrogen and oxygen atoms in total. The predicted octanol–water partition coefficient (Wildman–Crippen LogP) is 2.77. The molecule has 0 bridgehead atoms. The Morgan fingerprint density at radius 3 is 3.09 bits per heavy atom. The van der Waals surface area contributed by atoms with E-state index in [0.717, 1.165) is 11.5 Å². The molecule has 2 aromatic heterocycles. The van der Waals surface area contributed by atoms with E-state index in [9.17, 15) is 4.79 Å². The van der Waals surface area contributed by atoms with Gasteiger partial charge in [-0.15, -0.1) is 0 Å². The number of amides is 2. The Hall–Kier alpha value is -1.58. The van der Waals surface area contributed by atoms with Crippen LogP contribution in [-0.2, 0) is 4.74 Å². The van der Waals surface area contributed by atoms with Crippen LogP contribution >= 0.6 is 23.3 Å². The van der Waals surface area contributed by atoms with Gasteiger partial charge in [-0.25, -0.2) is 4.79 Å². The maximum absolute atomic E-state index is 12.5. The van der Waals surface area contributed by atoms with Crippen molar-refractivity contribution in [3.8, 4) is 0 Å². The molecule has 2 amide bonds. The second kappa shape index (κ2) is 6.67. The number of hydrogen-bond acceptors (Lipinski definition) is 7. The van der Waals surface area contributed by atoms with Crippen molar-refractivity contribution in [2.45, 2.75) is 18.1 Å². The first-order chi connectivity index (χ1) is 10.7. The first kappa shape index (κ1) is 15.3. The molecular weight excluding hydrogens is 324 g/mol. The molecule has 22 heavy (non-hydrogen) atoms. The van der Waals surface area contributed by atoms with Crippen LogP contribution in [0.5, 0.6) is 0 Å². The SMILES string of the molecule is CSc1nsc(NC(=O)N2CCOC[C@@H]2c2ccc(C)o2)n1. The van der Waals surface area contributed by atoms with Gasteiger partial charge in [0.25, 0.3) is 0 Å². The number of hydrogen-bond donors (Lipinski definition) is 1. The quantitative estimate of drug-likeness (QED) is 0.866. The van der Waals surface area contributed by atoms with Crippen LogP contribution in [0, 0.1) is 6.92 Å². The molecule has 0 unspecified atom stereocenters. The maximum Gasteiger partial charge on any atom is 0.324 e. The van der Waals surface area contributed by atoms with Gasteiger partial charge in [0.05, 0.1) is 13.2 Å². The summed E-state index contributed by atoms with van der Waals surface area (Å²) in [5.41, 5.74) is 0. The summed E-state index contributed by atoms with van der Waals surface area (Å²) in [6.45, 7) is 3.32. The van der Waals surface area contributed by atoms with Crippen molar-refractivity contribution in [3.05, 3.63) is 23.7 Å². The third-order valence-electron chi connectivity index (χ3n) is 3.28. The van der Waals surface area contributed by atoms with Crippen molar-refractivity contribution >= 4 is 34.5 Å². The Balaban J connectivity index is 1.73. The molecule has 0 radical (unpaired) electrons. The highest BCUT2D eigenvalue weighted by molar-refractivity contribution is 7.98. The summed E-state index contributed by atoms with van der Waals surface area (Å²) < 4.78 is 15.3. The van der Waals surface area contributed by atoms with Crippen molar-refractivity contribution in [2.75, 3.05) is 31.3 Å². The molecule has 2 aromatic rings. The lowest BCUT2D eigenvalue weighted by Gasteiger charge is -2.33. The third-order valence-corrected chi connectivity index (χ3v) is 4.58. The summed E-state index contributed by atoms with van der Waals surface area (Å²) in [6, 6.07) is 3.32. The number of furan rings is 1. The number of aryl methyl sites for hydroxylation is 1. The zero-order valence-electron chi connectivity index (χ0n) is 12.2. The molecule has 1 aliphatic rings. The lowest BCUT2D eigenvalue weighted by molar-refractivity contribution is 0.00710. The number of ether oxygens (including phenoxy) is 1. The molecule has 1 aliphatic heterocycles. The highest BCUT2D eigenvalue weighted by Gasteiger charge is 2.31. The number of urea groups is 1. The summed E-state index contributed by atoms with van der Waals surface area (Å²) in [5.74, 6) is 1.55. The Morgan fingerprint density at radius 1 is 1.55 bits per heavy atom. The fourth-order valence-corrected chi connectivity index (χ4v) is 3.34. The Kier molecular flexibility index (Phi) is 4.65. The van der Waals surface area contributed by atoms with Crippen molar-refractivity contribution in [2.24, 2.45) is 0 Å². The number of morpholine rings is 1. The van der Waals surface area contributed by atoms with E-state index in [0.29, 0.717) is 30.0 Å². The fraction of sp³-hybridized carbons (Fsp3) is 0.462. The number of nitrogens with one attached hydrogen (secondary N) is 1. The van der Waals surface area contributed by atoms with Crippen LogP contribution < -0.4 is 5.32 Å². The molecule has 0 spiro atoms. The monoisotopic (exact) mass is 340 g/mol. The van der Waals surface area contributed by atoms with Gasteiger partial charge in [-0.3, -0.25) is 5.32 Å². The summed E-state index contributed by atoms with van der Waals surface area (Å²) in [6.07, 6.45) is 1.89. The van der Waals surface area contributed by atoms with Gasteiger partial charge in [-0.2, -0.15) is 9.36 Å². The highest BCUT2D eigenvalue weighted by Crippen LogP contribution is 2.27. The molecule has 9 heteroatoms. The van der Waals surface area contributed by atoms with Crippen LogP contribution in [0.25, 0.3) is 0 Å². The zero-order chi connectivity index (χ0) is 15.5. The number of carbonyl (C=O) groups is 1. The van der Waals surface area contributed by atoms with Crippen molar-refractivity contribution in [1.82, 2.24) is 14.3 Å². The lowest BCUT2D eigenvalue weighted by atomic mass is 10.2. The van der Waals surface area contributed by atoms with Gasteiger partial charge in [0.2, 0.25) is 10.3 Å². The standard InChI is InChI=1S/C13H16N4O3S2/c1-8-3-4-10(20-8)9-7-19-6-5-17(9)13(18)15-11-14-12(21-2)16-22-11/h3-4,9H,5-7H2,1-2H3,(H,14,15,16,18)/t9-/m1/s1. The van der Waals surface area contributed by atoms with Gasteiger partial charge in [0, 0.05) is 18.1 Å². The van der Waals surface area contributed by atoms with Crippen LogP contribution in [0.3, 0.4) is 0 Å². The van der Waals surface area contributed by atoms with E-state index in [4.69, 9.17) is 9.15 Å². The van der Waals surface area contributed by atoms with E-state index in [2.05, 4.69) is 14.7 Å². The normalized spacial score (nSPS) is 18.5. The minimum absolute atomic E-state index is 0.217. The molecule has 0 saturated carbocycles. The zero-order valence-corrected chi connectivity index (χ0v) is 13.9. The second-order valence-corrected chi connectivity index (χ2v) is 6.27. The Labute approximate surface area is 136 Å². The molecule has 1 saturated heterocycles. The van der Waals surface area contributed by atoms with E-state index in [1.54, 1.807) is 4.90 Å². The van der Waals surface area contributed by atoms with Crippen molar-refractivity contribution < 1.29 is 13.9 Å². The van der Waals surface area contributed by atoms with E-state index in [1.807, 2.05) is 25.3 Å². The van der Waals surface area contributed by atoms with Gasteiger partial charge >= 0.3 is 6.03 Å². The largest absolute Gasteiger partial charge is 0.464 e. The number of rotatable bonds is 3. The molecule has 1 N–H and O–H groups in total. The number of nitrogens with zero attached hydrogens (tertiary/aromatic N) is 3. The van der Waals surface area contributed by atoms with Crippen molar-refractivity contribution in [1.29, 1.82) is 0 Å². The van der Waals surface area contributed by atoms with Gasteiger partial charge < -0.3 is 14.1 Å². The highest BCUT2D eigenvalue weighted by atomic mass is 32.2. The fourth-order valence-electron chi connectivity index (χ4n) is 2.22. The summed E-state index contributed by atoms with van der Waals surface area (Å²) in [5, 5.41) is 3.94. The average molecular weight is 340 g/mol. The molecule has 1 atom stereocenters. The van der Waals surface area contributed by atoms with E-state index in [-0.39, 0.29) is 12.1 Å². The smallest absolute Gasteiger partial charge is 0.324 e. The number of anilines is 1. The minimum Gasteiger partial charge on any atom is -0.464 e. The van der Waals surface area contributed by atoms with Crippen molar-refractivity contribution in [3.63, 3.8) is 0 Å². The molecule has 3 heterocycles. The third kappa shape index (κ3) is 3.26. The van der Waals surface area contributed by atoms with E-state index >= 15 is 0 Å². The number of carbonyl (C=O) groups excluding carboxylic acids is 1. The molecular formula is C13H16N4O3S2. The number of thioether (sulfide) groups is 1. The lowest BCUT2D eigenvalue weighted by Crippen LogP contribution is -2.45. The second-order valence-electron chi connectivity index (χ2n) is 4.75. The first-order valence-corrected chi connectivity index (χ1v) is 8.76. The summed E-state index contributed by atoms with van der Waals surface area (Å²) in [7, 11) is 0. The average Bonchev–Trinajstić information content (AvgIpc) is 3.16. The van der Waals surface area contributed by atoms with E-state index in [1.165, 1.54) is 23.3 Å². The maximum atomic E-state index is 12.5. The van der Waals surface area contributed by atoms with Crippen LogP contribution in [0.4, 0.5) is 9.93 Å². The van der Waals surface area contributed by atoms with Gasteiger partial charge in [-0.05, 0) is 25.3 Å². The van der Waals surface area contributed by atoms with Crippen LogP contribution in [0.2, 0.25) is 0 Å². The summed E-state index contributed by atoms with van der Waals surface area (Å²) >= 11 is 2.61. The molecule has 1 fully saturated rings. The van der Waals surface area contributed by atoms with Crippen LogP contribution in [0.1, 0.15) is 17.6 Å². The molecule has 0 aliphatic carbocycles. The number of aromatic nitrogens is 2.